The largest absolute Gasteiger partial charge is 0.342 e. The molecule has 2 fully saturated rings. The van der Waals surface area contributed by atoms with Crippen molar-refractivity contribution in [3.63, 3.8) is 0 Å². The molecule has 6 nitrogen and oxygen atoms in total. The van der Waals surface area contributed by atoms with E-state index in [0.29, 0.717) is 29.2 Å². The highest BCUT2D eigenvalue weighted by Crippen LogP contribution is 2.40. The van der Waals surface area contributed by atoms with E-state index in [1.54, 1.807) is 18.6 Å². The zero-order valence-electron chi connectivity index (χ0n) is 19.1. The van der Waals surface area contributed by atoms with Crippen molar-refractivity contribution in [2.45, 2.75) is 43.9 Å². The number of likely N-dealkylation sites (tertiary alicyclic amines) is 1. The molecular formula is C26H30Cl2N4O2. The number of benzene rings is 2. The highest BCUT2D eigenvalue weighted by atomic mass is 35.5. The van der Waals surface area contributed by atoms with Gasteiger partial charge in [-0.05, 0) is 43.6 Å². The van der Waals surface area contributed by atoms with Crippen LogP contribution in [0.5, 0.6) is 0 Å². The summed E-state index contributed by atoms with van der Waals surface area (Å²) in [6.07, 6.45) is 7.58. The first-order valence-corrected chi connectivity index (χ1v) is 12.6. The maximum atomic E-state index is 6.57. The maximum absolute atomic E-state index is 6.57. The van der Waals surface area contributed by atoms with Crippen molar-refractivity contribution in [3.05, 3.63) is 88.4 Å². The molecule has 3 heterocycles. The van der Waals surface area contributed by atoms with Gasteiger partial charge >= 0.3 is 0 Å². The molecule has 2 saturated heterocycles. The first kappa shape index (κ1) is 23.8. The van der Waals surface area contributed by atoms with Gasteiger partial charge in [0, 0.05) is 42.1 Å². The van der Waals surface area contributed by atoms with E-state index in [4.69, 9.17) is 32.7 Å². The molecule has 0 spiro atoms. The molecule has 34 heavy (non-hydrogen) atoms. The lowest BCUT2D eigenvalue weighted by atomic mass is 10.0. The summed E-state index contributed by atoms with van der Waals surface area (Å²) in [5.74, 6) is -0.978. The molecule has 2 aromatic carbocycles. The SMILES string of the molecule is Clc1ccc(C2(Cn3ccnc3)OCC(CNC3CCN(Cc4ccccc4)CC3)O2)c(Cl)c1. The third-order valence-corrected chi connectivity index (χ3v) is 7.17. The first-order chi connectivity index (χ1) is 16.6. The summed E-state index contributed by atoms with van der Waals surface area (Å²) in [5, 5.41) is 4.83. The van der Waals surface area contributed by atoms with E-state index in [1.165, 1.54) is 5.56 Å². The average molecular weight is 501 g/mol. The summed E-state index contributed by atoms with van der Waals surface area (Å²) >= 11 is 12.7. The second kappa shape index (κ2) is 10.8. The van der Waals surface area contributed by atoms with E-state index in [9.17, 15) is 0 Å². The lowest BCUT2D eigenvalue weighted by Gasteiger charge is -2.33. The van der Waals surface area contributed by atoms with Crippen molar-refractivity contribution < 1.29 is 9.47 Å². The molecule has 0 bridgehead atoms. The zero-order chi connectivity index (χ0) is 23.4. The van der Waals surface area contributed by atoms with E-state index in [1.807, 2.05) is 22.9 Å². The van der Waals surface area contributed by atoms with Crippen LogP contribution in [0, 0.1) is 0 Å². The van der Waals surface area contributed by atoms with Crippen LogP contribution in [0.3, 0.4) is 0 Å². The molecule has 1 aromatic heterocycles. The van der Waals surface area contributed by atoms with Gasteiger partial charge in [0.1, 0.15) is 0 Å². The van der Waals surface area contributed by atoms with Gasteiger partial charge in [0.25, 0.3) is 0 Å². The van der Waals surface area contributed by atoms with Gasteiger partial charge in [-0.25, -0.2) is 4.98 Å². The standard InChI is InChI=1S/C26H30Cl2N4O2/c27-21-6-7-24(25(28)14-21)26(18-32-13-10-29-19-32)33-17-23(34-26)15-30-22-8-11-31(12-9-22)16-20-4-2-1-3-5-20/h1-7,10,13-14,19,22-23,30H,8-9,11-12,15-18H2. The third-order valence-electron chi connectivity index (χ3n) is 6.62. The number of aromatic nitrogens is 2. The van der Waals surface area contributed by atoms with Gasteiger partial charge in [-0.15, -0.1) is 0 Å². The van der Waals surface area contributed by atoms with Gasteiger partial charge in [-0.1, -0.05) is 59.6 Å². The molecule has 2 aliphatic rings. The Morgan fingerprint density at radius 2 is 1.91 bits per heavy atom. The topological polar surface area (TPSA) is 51.5 Å². The van der Waals surface area contributed by atoms with Gasteiger partial charge in [-0.2, -0.15) is 0 Å². The van der Waals surface area contributed by atoms with Crippen LogP contribution in [-0.2, 0) is 28.4 Å². The normalized spacial score (nSPS) is 24.0. The Hall–Kier alpha value is -1.93. The van der Waals surface area contributed by atoms with Crippen LogP contribution < -0.4 is 5.32 Å². The Kier molecular flexibility index (Phi) is 7.54. The van der Waals surface area contributed by atoms with Crippen molar-refractivity contribution in [1.29, 1.82) is 0 Å². The predicted molar refractivity (Wildman–Crippen MR) is 134 cm³/mol. The van der Waals surface area contributed by atoms with Gasteiger partial charge in [-0.3, -0.25) is 4.90 Å². The van der Waals surface area contributed by atoms with E-state index >= 15 is 0 Å². The van der Waals surface area contributed by atoms with Crippen LogP contribution >= 0.6 is 23.2 Å². The predicted octanol–water partition coefficient (Wildman–Crippen LogP) is 4.71. The molecule has 1 N–H and O–H groups in total. The van der Waals surface area contributed by atoms with Crippen LogP contribution in [0.2, 0.25) is 10.0 Å². The fourth-order valence-electron chi connectivity index (χ4n) is 4.83. The van der Waals surface area contributed by atoms with Crippen molar-refractivity contribution >= 4 is 23.2 Å². The summed E-state index contributed by atoms with van der Waals surface area (Å²) in [6.45, 7) is 4.90. The molecule has 8 heteroatoms. The fourth-order valence-corrected chi connectivity index (χ4v) is 5.38. The Labute approximate surface area is 210 Å². The summed E-state index contributed by atoms with van der Waals surface area (Å²) in [4.78, 5) is 6.69. The monoisotopic (exact) mass is 500 g/mol. The van der Waals surface area contributed by atoms with Crippen molar-refractivity contribution in [2.75, 3.05) is 26.2 Å². The number of hydrogen-bond acceptors (Lipinski definition) is 5. The van der Waals surface area contributed by atoms with Crippen LogP contribution in [-0.4, -0.2) is 52.8 Å². The number of imidazole rings is 1. The summed E-state index contributed by atoms with van der Waals surface area (Å²) in [6, 6.07) is 16.6. The summed E-state index contributed by atoms with van der Waals surface area (Å²) in [5.41, 5.74) is 2.16. The second-order valence-electron chi connectivity index (χ2n) is 9.11. The molecule has 0 saturated carbocycles. The van der Waals surface area contributed by atoms with Gasteiger partial charge < -0.3 is 19.4 Å². The van der Waals surface area contributed by atoms with Crippen LogP contribution in [0.15, 0.2) is 67.3 Å². The van der Waals surface area contributed by atoms with Gasteiger partial charge in [0.15, 0.2) is 0 Å². The Morgan fingerprint density at radius 1 is 1.09 bits per heavy atom. The third kappa shape index (κ3) is 5.65. The summed E-state index contributed by atoms with van der Waals surface area (Å²) in [7, 11) is 0. The van der Waals surface area contributed by atoms with E-state index in [0.717, 1.165) is 44.6 Å². The van der Waals surface area contributed by atoms with Crippen LogP contribution in [0.4, 0.5) is 0 Å². The highest BCUT2D eigenvalue weighted by molar-refractivity contribution is 6.35. The average Bonchev–Trinajstić information content (AvgIpc) is 3.50. The van der Waals surface area contributed by atoms with Crippen molar-refractivity contribution in [3.8, 4) is 0 Å². The lowest BCUT2D eigenvalue weighted by Crippen LogP contribution is -2.45. The molecule has 2 atom stereocenters. The van der Waals surface area contributed by atoms with E-state index < -0.39 is 5.79 Å². The van der Waals surface area contributed by atoms with Gasteiger partial charge in [0.05, 0.1) is 30.6 Å². The Morgan fingerprint density at radius 3 is 2.65 bits per heavy atom. The van der Waals surface area contributed by atoms with Crippen LogP contribution in [0.1, 0.15) is 24.0 Å². The molecule has 180 valence electrons. The molecule has 0 radical (unpaired) electrons. The molecule has 2 unspecified atom stereocenters. The fraction of sp³-hybridized carbons (Fsp3) is 0.423. The quantitative estimate of drug-likeness (QED) is 0.485. The van der Waals surface area contributed by atoms with Gasteiger partial charge in [0.2, 0.25) is 5.79 Å². The smallest absolute Gasteiger partial charge is 0.215 e. The highest BCUT2D eigenvalue weighted by Gasteiger charge is 2.45. The molecule has 5 rings (SSSR count). The molecule has 0 aliphatic carbocycles. The maximum Gasteiger partial charge on any atom is 0.215 e. The number of ether oxygens (including phenoxy) is 2. The van der Waals surface area contributed by atoms with E-state index in [-0.39, 0.29) is 6.10 Å². The minimum atomic E-state index is -0.978. The molecule has 3 aromatic rings. The minimum Gasteiger partial charge on any atom is -0.342 e. The number of rotatable bonds is 8. The van der Waals surface area contributed by atoms with Crippen LogP contribution in [0.25, 0.3) is 0 Å². The second-order valence-corrected chi connectivity index (χ2v) is 9.95. The molecular weight excluding hydrogens is 471 g/mol. The minimum absolute atomic E-state index is 0.0717. The number of nitrogens with zero attached hydrogens (tertiary/aromatic N) is 3. The van der Waals surface area contributed by atoms with Crippen molar-refractivity contribution in [2.24, 2.45) is 0 Å². The number of nitrogens with one attached hydrogen (secondary N) is 1. The van der Waals surface area contributed by atoms with Crippen molar-refractivity contribution in [1.82, 2.24) is 19.8 Å². The lowest BCUT2D eigenvalue weighted by molar-refractivity contribution is -0.186. The molecule has 0 amide bonds. The zero-order valence-corrected chi connectivity index (χ0v) is 20.6. The Bertz CT molecular complexity index is 1060. The number of piperidine rings is 1. The molecule has 2 aliphatic heterocycles. The summed E-state index contributed by atoms with van der Waals surface area (Å²) < 4.78 is 14.8. The number of halogens is 2. The Balaban J connectivity index is 1.17. The van der Waals surface area contributed by atoms with E-state index in [2.05, 4.69) is 45.5 Å². The number of hydrogen-bond donors (Lipinski definition) is 1. The first-order valence-electron chi connectivity index (χ1n) is 11.8.